The number of nitrogens with zero attached hydrogens (tertiary/aromatic N) is 4. The predicted molar refractivity (Wildman–Crippen MR) is 118 cm³/mol. The van der Waals surface area contributed by atoms with Gasteiger partial charge in [0.15, 0.2) is 5.82 Å². The number of hydrogen-bond donors (Lipinski definition) is 2. The van der Waals surface area contributed by atoms with Gasteiger partial charge in [-0.1, -0.05) is 12.1 Å². The fraction of sp³-hybridized carbons (Fsp3) is 0.400. The van der Waals surface area contributed by atoms with E-state index in [1.165, 1.54) is 22.7 Å². The minimum absolute atomic E-state index is 0.327. The second kappa shape index (κ2) is 8.10. The molecule has 1 aliphatic rings. The number of hydrogen-bond acceptors (Lipinski definition) is 5. The first kappa shape index (κ1) is 21.2. The van der Waals surface area contributed by atoms with E-state index in [0.717, 1.165) is 27.9 Å². The van der Waals surface area contributed by atoms with Crippen LogP contribution in [-0.2, 0) is 10.2 Å². The Kier molecular flexibility index (Phi) is 5.92. The molecule has 0 spiro atoms. The highest BCUT2D eigenvalue weighted by Crippen LogP contribution is 2.23. The third-order valence-corrected chi connectivity index (χ3v) is 6.85. The maximum atomic E-state index is 12.3. The highest BCUT2D eigenvalue weighted by atomic mass is 32.2. The Morgan fingerprint density at radius 1 is 1.31 bits per heavy atom. The van der Waals surface area contributed by atoms with Crippen LogP contribution in [0.2, 0.25) is 0 Å². The number of nitrogens with one attached hydrogen (secondary N) is 1. The predicted octanol–water partition coefficient (Wildman–Crippen LogP) is 2.42. The van der Waals surface area contributed by atoms with Gasteiger partial charge in [-0.2, -0.15) is 17.0 Å². The van der Waals surface area contributed by atoms with Crippen molar-refractivity contribution in [1.82, 2.24) is 18.6 Å². The van der Waals surface area contributed by atoms with Gasteiger partial charge in [0.25, 0.3) is 10.2 Å². The quantitative estimate of drug-likeness (QED) is 0.730. The van der Waals surface area contributed by atoms with Crippen molar-refractivity contribution in [2.75, 3.05) is 27.2 Å². The van der Waals surface area contributed by atoms with Gasteiger partial charge >= 0.3 is 0 Å². The van der Waals surface area contributed by atoms with Gasteiger partial charge in [0.1, 0.15) is 5.70 Å². The van der Waals surface area contributed by atoms with Crippen molar-refractivity contribution in [2.24, 2.45) is 10.7 Å². The molecule has 8 nitrogen and oxygen atoms in total. The highest BCUT2D eigenvalue weighted by Gasteiger charge is 2.26. The van der Waals surface area contributed by atoms with Crippen LogP contribution in [0.25, 0.3) is 16.7 Å². The number of imidazole rings is 1. The SMILES string of the molecule is CC(=N/C(=C(\C)N)c1nc2ccc(C)cc2[nH]1)C1=CCN(S(=O)(=O)N(C)C)CC1. The van der Waals surface area contributed by atoms with E-state index >= 15 is 0 Å². The van der Waals surface area contributed by atoms with Crippen molar-refractivity contribution in [2.45, 2.75) is 27.2 Å². The molecule has 2 heterocycles. The van der Waals surface area contributed by atoms with Gasteiger partial charge in [-0.25, -0.2) is 9.98 Å². The van der Waals surface area contributed by atoms with Crippen LogP contribution in [0, 0.1) is 6.92 Å². The van der Waals surface area contributed by atoms with Gasteiger partial charge in [0.05, 0.1) is 11.0 Å². The Bertz CT molecular complexity index is 1120. The molecule has 0 amide bonds. The lowest BCUT2D eigenvalue weighted by Gasteiger charge is -2.28. The zero-order valence-electron chi connectivity index (χ0n) is 17.5. The third-order valence-electron chi connectivity index (χ3n) is 4.94. The molecule has 0 radical (unpaired) electrons. The summed E-state index contributed by atoms with van der Waals surface area (Å²) in [6, 6.07) is 6.02. The molecule has 3 N–H and O–H groups in total. The van der Waals surface area contributed by atoms with Crippen LogP contribution in [0.4, 0.5) is 0 Å². The normalized spacial score (nSPS) is 17.6. The van der Waals surface area contributed by atoms with Crippen LogP contribution in [0.5, 0.6) is 0 Å². The first-order valence-electron chi connectivity index (χ1n) is 9.45. The largest absolute Gasteiger partial charge is 0.400 e. The zero-order valence-corrected chi connectivity index (χ0v) is 18.3. The van der Waals surface area contributed by atoms with Crippen LogP contribution in [0.1, 0.15) is 31.7 Å². The van der Waals surface area contributed by atoms with Crippen LogP contribution < -0.4 is 5.73 Å². The van der Waals surface area contributed by atoms with E-state index in [9.17, 15) is 8.42 Å². The number of nitrogens with two attached hydrogens (primary N) is 1. The minimum atomic E-state index is -3.41. The fourth-order valence-electron chi connectivity index (χ4n) is 3.22. The van der Waals surface area contributed by atoms with Gasteiger partial charge < -0.3 is 10.7 Å². The van der Waals surface area contributed by atoms with Crippen molar-refractivity contribution >= 4 is 32.7 Å². The number of aromatic nitrogens is 2. The number of aromatic amines is 1. The van der Waals surface area contributed by atoms with Crippen molar-refractivity contribution in [3.05, 3.63) is 46.9 Å². The van der Waals surface area contributed by atoms with Crippen molar-refractivity contribution in [1.29, 1.82) is 0 Å². The molecule has 1 aliphatic heterocycles. The lowest BCUT2D eigenvalue weighted by Crippen LogP contribution is -2.42. The van der Waals surface area contributed by atoms with Crippen LogP contribution in [-0.4, -0.2) is 59.9 Å². The summed E-state index contributed by atoms with van der Waals surface area (Å²) < 4.78 is 27.2. The number of allylic oxidation sites excluding steroid dienone is 1. The fourth-order valence-corrected chi connectivity index (χ4v) is 4.27. The van der Waals surface area contributed by atoms with E-state index in [4.69, 9.17) is 10.7 Å². The molecule has 156 valence electrons. The van der Waals surface area contributed by atoms with E-state index < -0.39 is 10.2 Å². The molecule has 0 saturated heterocycles. The van der Waals surface area contributed by atoms with E-state index in [2.05, 4.69) is 9.97 Å². The second-order valence-corrected chi connectivity index (χ2v) is 9.60. The molecule has 9 heteroatoms. The topological polar surface area (TPSA) is 108 Å². The Morgan fingerprint density at radius 2 is 2.03 bits per heavy atom. The number of H-pyrrole nitrogens is 1. The average molecular weight is 417 g/mol. The van der Waals surface area contributed by atoms with E-state index in [0.29, 0.717) is 36.7 Å². The van der Waals surface area contributed by atoms with Gasteiger partial charge in [-0.15, -0.1) is 0 Å². The Labute approximate surface area is 172 Å². The van der Waals surface area contributed by atoms with Crippen LogP contribution in [0.15, 0.2) is 40.5 Å². The number of rotatable bonds is 5. The van der Waals surface area contributed by atoms with Crippen molar-refractivity contribution in [3.8, 4) is 0 Å². The van der Waals surface area contributed by atoms with E-state index in [1.807, 2.05) is 38.1 Å². The number of benzene rings is 1. The number of aliphatic imine (C=N–C) groups is 1. The molecule has 0 fully saturated rings. The third kappa shape index (κ3) is 4.42. The summed E-state index contributed by atoms with van der Waals surface area (Å²) >= 11 is 0. The summed E-state index contributed by atoms with van der Waals surface area (Å²) in [5.74, 6) is 0.623. The summed E-state index contributed by atoms with van der Waals surface area (Å²) in [4.78, 5) is 12.7. The molecule has 0 aliphatic carbocycles. The van der Waals surface area contributed by atoms with E-state index in [1.54, 1.807) is 6.92 Å². The maximum absolute atomic E-state index is 12.3. The molecule has 2 aromatic rings. The summed E-state index contributed by atoms with van der Waals surface area (Å²) in [5, 5.41) is 0. The average Bonchev–Trinajstić information content (AvgIpc) is 3.08. The lowest BCUT2D eigenvalue weighted by molar-refractivity contribution is 0.392. The first-order chi connectivity index (χ1) is 13.6. The number of aryl methyl sites for hydroxylation is 1. The Balaban J connectivity index is 1.88. The smallest absolute Gasteiger partial charge is 0.281 e. The minimum Gasteiger partial charge on any atom is -0.400 e. The van der Waals surface area contributed by atoms with Gasteiger partial charge in [-0.05, 0) is 50.5 Å². The molecular weight excluding hydrogens is 388 g/mol. The highest BCUT2D eigenvalue weighted by molar-refractivity contribution is 7.86. The van der Waals surface area contributed by atoms with Gasteiger partial charge in [-0.3, -0.25) is 0 Å². The summed E-state index contributed by atoms with van der Waals surface area (Å²) in [7, 11) is -0.331. The summed E-state index contributed by atoms with van der Waals surface area (Å²) in [5.41, 5.74) is 12.0. The second-order valence-electron chi connectivity index (χ2n) is 7.46. The molecule has 29 heavy (non-hydrogen) atoms. The summed E-state index contributed by atoms with van der Waals surface area (Å²) in [6.07, 6.45) is 2.51. The van der Waals surface area contributed by atoms with Gasteiger partial charge in [0, 0.05) is 38.6 Å². The molecule has 0 atom stereocenters. The maximum Gasteiger partial charge on any atom is 0.281 e. The van der Waals surface area contributed by atoms with Gasteiger partial charge in [0.2, 0.25) is 0 Å². The van der Waals surface area contributed by atoms with E-state index in [-0.39, 0.29) is 0 Å². The molecule has 1 aromatic heterocycles. The monoisotopic (exact) mass is 416 g/mol. The molecular formula is C20H28N6O2S. The first-order valence-corrected chi connectivity index (χ1v) is 10.8. The van der Waals surface area contributed by atoms with Crippen LogP contribution in [0.3, 0.4) is 0 Å². The van der Waals surface area contributed by atoms with Crippen molar-refractivity contribution < 1.29 is 8.42 Å². The van der Waals surface area contributed by atoms with Crippen molar-refractivity contribution in [3.63, 3.8) is 0 Å². The summed E-state index contributed by atoms with van der Waals surface area (Å²) in [6.45, 7) is 6.49. The standard InChI is InChI=1S/C20H28N6O2S/c1-13-6-7-17-18(12-13)24-20(23-17)19(14(2)21)22-15(3)16-8-10-26(11-9-16)29(27,28)25(4)5/h6-8,12H,9-11,21H2,1-5H3,(H,23,24)/b19-14+,22-15?. The molecule has 0 bridgehead atoms. The molecule has 0 unspecified atom stereocenters. The van der Waals surface area contributed by atoms with Crippen LogP contribution >= 0.6 is 0 Å². The zero-order chi connectivity index (χ0) is 21.3. The Hall–Kier alpha value is -2.49. The number of fused-ring (bicyclic) bond motifs is 1. The molecule has 1 aromatic carbocycles. The Morgan fingerprint density at radius 3 is 2.62 bits per heavy atom. The molecule has 3 rings (SSSR count). The lowest BCUT2D eigenvalue weighted by atomic mass is 10.1. The molecule has 0 saturated carbocycles.